The Morgan fingerprint density at radius 1 is 1.35 bits per heavy atom. The Kier molecular flexibility index (Phi) is 4.48. The van der Waals surface area contributed by atoms with Crippen LogP contribution < -0.4 is 5.32 Å². The largest absolute Gasteiger partial charge is 0.378 e. The van der Waals surface area contributed by atoms with Gasteiger partial charge in [0, 0.05) is 18.1 Å². The summed E-state index contributed by atoms with van der Waals surface area (Å²) in [6, 6.07) is 0.750. The van der Waals surface area contributed by atoms with Gasteiger partial charge in [-0.3, -0.25) is 0 Å². The highest BCUT2D eigenvalue weighted by molar-refractivity contribution is 5.11. The van der Waals surface area contributed by atoms with Gasteiger partial charge in [0.2, 0.25) is 0 Å². The van der Waals surface area contributed by atoms with Crippen LogP contribution in [0.1, 0.15) is 59.3 Å². The fourth-order valence-corrected chi connectivity index (χ4v) is 3.51. The van der Waals surface area contributed by atoms with Crippen LogP contribution in [0.3, 0.4) is 0 Å². The van der Waals surface area contributed by atoms with Crippen molar-refractivity contribution in [2.75, 3.05) is 13.2 Å². The molecule has 2 aliphatic carbocycles. The van der Waals surface area contributed by atoms with Crippen LogP contribution >= 0.6 is 0 Å². The topological polar surface area (TPSA) is 21.3 Å². The summed E-state index contributed by atoms with van der Waals surface area (Å²) in [5.74, 6) is 0.840. The van der Waals surface area contributed by atoms with Crippen molar-refractivity contribution < 1.29 is 4.74 Å². The number of ether oxygens (including phenoxy) is 1. The van der Waals surface area contributed by atoms with Crippen molar-refractivity contribution in [1.29, 1.82) is 0 Å². The molecule has 2 heteroatoms. The molecule has 0 aromatic carbocycles. The van der Waals surface area contributed by atoms with Gasteiger partial charge in [-0.15, -0.1) is 0 Å². The van der Waals surface area contributed by atoms with Crippen LogP contribution in [-0.2, 0) is 4.74 Å². The minimum Gasteiger partial charge on any atom is -0.378 e. The predicted molar refractivity (Wildman–Crippen MR) is 72.2 cm³/mol. The molecular formula is C15H29NO. The van der Waals surface area contributed by atoms with E-state index in [-0.39, 0.29) is 0 Å². The minimum atomic E-state index is 0.536. The van der Waals surface area contributed by atoms with Gasteiger partial charge in [0.15, 0.2) is 0 Å². The molecule has 17 heavy (non-hydrogen) atoms. The van der Waals surface area contributed by atoms with E-state index < -0.39 is 0 Å². The van der Waals surface area contributed by atoms with E-state index in [9.17, 15) is 0 Å². The van der Waals surface area contributed by atoms with E-state index in [4.69, 9.17) is 4.74 Å². The monoisotopic (exact) mass is 239 g/mol. The van der Waals surface area contributed by atoms with Crippen LogP contribution in [0.2, 0.25) is 0 Å². The third-order valence-corrected chi connectivity index (χ3v) is 4.79. The van der Waals surface area contributed by atoms with Crippen LogP contribution in [-0.4, -0.2) is 25.3 Å². The Labute approximate surface area is 107 Å². The third-order valence-electron chi connectivity index (χ3n) is 4.79. The van der Waals surface area contributed by atoms with E-state index in [0.29, 0.717) is 11.5 Å². The van der Waals surface area contributed by atoms with Crippen molar-refractivity contribution in [2.45, 2.75) is 71.4 Å². The summed E-state index contributed by atoms with van der Waals surface area (Å²) >= 11 is 0. The van der Waals surface area contributed by atoms with Gasteiger partial charge in [0.1, 0.15) is 0 Å². The summed E-state index contributed by atoms with van der Waals surface area (Å²) in [4.78, 5) is 0. The summed E-state index contributed by atoms with van der Waals surface area (Å²) in [5.41, 5.74) is 0.536. The molecule has 0 aliphatic heterocycles. The van der Waals surface area contributed by atoms with E-state index in [1.54, 1.807) is 0 Å². The lowest BCUT2D eigenvalue weighted by molar-refractivity contribution is -0.172. The zero-order chi connectivity index (χ0) is 12.3. The molecule has 1 N–H and O–H groups in total. The summed E-state index contributed by atoms with van der Waals surface area (Å²) in [6.45, 7) is 8.81. The van der Waals surface area contributed by atoms with Gasteiger partial charge < -0.3 is 10.1 Å². The lowest BCUT2D eigenvalue weighted by Crippen LogP contribution is -2.66. The number of nitrogens with one attached hydrogen (secondary N) is 1. The van der Waals surface area contributed by atoms with E-state index >= 15 is 0 Å². The fraction of sp³-hybridized carbons (Fsp3) is 1.00. The molecule has 0 saturated heterocycles. The van der Waals surface area contributed by atoms with Gasteiger partial charge in [-0.25, -0.2) is 0 Å². The molecule has 0 aromatic heterocycles. The van der Waals surface area contributed by atoms with Gasteiger partial charge in [0.05, 0.1) is 6.10 Å². The van der Waals surface area contributed by atoms with E-state index in [2.05, 4.69) is 26.1 Å². The molecular weight excluding hydrogens is 210 g/mol. The summed E-state index contributed by atoms with van der Waals surface area (Å²) < 4.78 is 5.87. The second-order valence-corrected chi connectivity index (χ2v) is 6.31. The highest BCUT2D eigenvalue weighted by Gasteiger charge is 2.58. The van der Waals surface area contributed by atoms with Crippen LogP contribution in [0.15, 0.2) is 0 Å². The van der Waals surface area contributed by atoms with Gasteiger partial charge in [-0.1, -0.05) is 20.3 Å². The first-order valence-corrected chi connectivity index (χ1v) is 7.54. The molecule has 100 valence electrons. The van der Waals surface area contributed by atoms with Crippen molar-refractivity contribution >= 4 is 0 Å². The molecule has 1 spiro atoms. The molecule has 0 radical (unpaired) electrons. The van der Waals surface area contributed by atoms with Crippen LogP contribution in [0, 0.1) is 11.3 Å². The molecule has 2 saturated carbocycles. The van der Waals surface area contributed by atoms with E-state index in [1.807, 2.05) is 0 Å². The van der Waals surface area contributed by atoms with Crippen molar-refractivity contribution in [3.63, 3.8) is 0 Å². The smallest absolute Gasteiger partial charge is 0.0661 e. The number of hydrogen-bond acceptors (Lipinski definition) is 2. The lowest BCUT2D eigenvalue weighted by atomic mass is 9.51. The highest BCUT2D eigenvalue weighted by atomic mass is 16.5. The van der Waals surface area contributed by atoms with Gasteiger partial charge in [-0.2, -0.15) is 0 Å². The van der Waals surface area contributed by atoms with Crippen LogP contribution in [0.5, 0.6) is 0 Å². The molecule has 0 bridgehead atoms. The maximum absolute atomic E-state index is 5.87. The molecule has 2 atom stereocenters. The Morgan fingerprint density at radius 3 is 2.65 bits per heavy atom. The van der Waals surface area contributed by atoms with E-state index in [0.717, 1.165) is 18.6 Å². The quantitative estimate of drug-likeness (QED) is 0.688. The Hall–Kier alpha value is -0.0800. The maximum atomic E-state index is 5.87. The average Bonchev–Trinajstić information content (AvgIpc) is 2.18. The molecule has 0 aromatic rings. The summed E-state index contributed by atoms with van der Waals surface area (Å²) in [5, 5.41) is 3.78. The predicted octanol–water partition coefficient (Wildman–Crippen LogP) is 3.36. The molecule has 2 aliphatic rings. The molecule has 2 unspecified atom stereocenters. The molecule has 2 nitrogen and oxygen atoms in total. The van der Waals surface area contributed by atoms with Crippen molar-refractivity contribution in [2.24, 2.45) is 11.3 Å². The molecule has 0 amide bonds. The molecule has 2 rings (SSSR count). The zero-order valence-corrected chi connectivity index (χ0v) is 11.8. The number of rotatable bonds is 7. The van der Waals surface area contributed by atoms with Crippen molar-refractivity contribution in [3.05, 3.63) is 0 Å². The Balaban J connectivity index is 1.68. The lowest BCUT2D eigenvalue weighted by Gasteiger charge is -2.61. The minimum absolute atomic E-state index is 0.536. The molecule has 0 heterocycles. The van der Waals surface area contributed by atoms with Gasteiger partial charge in [-0.05, 0) is 51.5 Å². The van der Waals surface area contributed by atoms with Crippen molar-refractivity contribution in [3.8, 4) is 0 Å². The first-order valence-electron chi connectivity index (χ1n) is 7.54. The van der Waals surface area contributed by atoms with Crippen LogP contribution in [0.4, 0.5) is 0 Å². The standard InChI is InChI=1S/C15H29NO/c1-4-17-14-11-13(15(14)8-6-9-15)16-10-5-7-12(2)3/h12-14,16H,4-11H2,1-3H3. The maximum Gasteiger partial charge on any atom is 0.0661 e. The second-order valence-electron chi connectivity index (χ2n) is 6.31. The SMILES string of the molecule is CCOC1CC(NCCCC(C)C)C12CCC2. The second kappa shape index (κ2) is 5.71. The Bertz CT molecular complexity index is 235. The Morgan fingerprint density at radius 2 is 2.12 bits per heavy atom. The summed E-state index contributed by atoms with van der Waals surface area (Å²) in [7, 11) is 0. The summed E-state index contributed by atoms with van der Waals surface area (Å²) in [6.07, 6.45) is 8.66. The third kappa shape index (κ3) is 2.68. The van der Waals surface area contributed by atoms with E-state index in [1.165, 1.54) is 45.1 Å². The fourth-order valence-electron chi connectivity index (χ4n) is 3.51. The normalized spacial score (nSPS) is 30.4. The number of hydrogen-bond donors (Lipinski definition) is 1. The zero-order valence-electron chi connectivity index (χ0n) is 11.8. The first-order chi connectivity index (χ1) is 8.19. The molecule has 2 fully saturated rings. The van der Waals surface area contributed by atoms with Crippen molar-refractivity contribution in [1.82, 2.24) is 5.32 Å². The average molecular weight is 239 g/mol. The first kappa shape index (κ1) is 13.4. The van der Waals surface area contributed by atoms with Gasteiger partial charge >= 0.3 is 0 Å². The van der Waals surface area contributed by atoms with Crippen LogP contribution in [0.25, 0.3) is 0 Å². The highest BCUT2D eigenvalue weighted by Crippen LogP contribution is 2.57. The van der Waals surface area contributed by atoms with Gasteiger partial charge in [0.25, 0.3) is 0 Å².